The molecule has 2 aromatic heterocycles. The second-order valence-corrected chi connectivity index (χ2v) is 6.02. The Kier molecular flexibility index (Phi) is 3.72. The molecule has 2 heterocycles. The summed E-state index contributed by atoms with van der Waals surface area (Å²) in [5, 5.41) is 8.15. The molecular formula is C11H17N5O2S. The highest BCUT2D eigenvalue weighted by atomic mass is 32.2. The fourth-order valence-electron chi connectivity index (χ4n) is 1.63. The topological polar surface area (TPSA) is 81.8 Å². The van der Waals surface area contributed by atoms with E-state index in [-0.39, 0.29) is 11.4 Å². The zero-order valence-electron chi connectivity index (χ0n) is 11.2. The Bertz CT molecular complexity index is 652. The smallest absolute Gasteiger partial charge is 0.244 e. The Hall–Kier alpha value is -1.67. The largest absolute Gasteiger partial charge is 0.273 e. The minimum Gasteiger partial charge on any atom is -0.273 e. The Balaban J connectivity index is 2.09. The van der Waals surface area contributed by atoms with Crippen LogP contribution in [0.5, 0.6) is 0 Å². The minimum absolute atomic E-state index is 0.168. The predicted molar refractivity (Wildman–Crippen MR) is 69.9 cm³/mol. The van der Waals surface area contributed by atoms with Crippen LogP contribution in [-0.4, -0.2) is 28.0 Å². The molecule has 0 unspecified atom stereocenters. The minimum atomic E-state index is -3.53. The fourth-order valence-corrected chi connectivity index (χ4v) is 2.58. The highest BCUT2D eigenvalue weighted by Gasteiger charge is 2.16. The first-order valence-corrected chi connectivity index (χ1v) is 7.42. The summed E-state index contributed by atoms with van der Waals surface area (Å²) in [6, 6.07) is 1.85. The van der Waals surface area contributed by atoms with E-state index >= 15 is 0 Å². The van der Waals surface area contributed by atoms with Crippen molar-refractivity contribution in [2.75, 3.05) is 0 Å². The molecule has 0 aliphatic heterocycles. The first-order valence-electron chi connectivity index (χ1n) is 5.94. The molecule has 7 nitrogen and oxygen atoms in total. The van der Waals surface area contributed by atoms with Gasteiger partial charge in [0.1, 0.15) is 4.90 Å². The van der Waals surface area contributed by atoms with Gasteiger partial charge in [0.15, 0.2) is 0 Å². The Labute approximate surface area is 112 Å². The van der Waals surface area contributed by atoms with Crippen molar-refractivity contribution < 1.29 is 8.42 Å². The average molecular weight is 283 g/mol. The van der Waals surface area contributed by atoms with E-state index in [2.05, 4.69) is 14.9 Å². The lowest BCUT2D eigenvalue weighted by Crippen LogP contribution is -2.23. The van der Waals surface area contributed by atoms with E-state index in [1.807, 2.05) is 27.0 Å². The van der Waals surface area contributed by atoms with Crippen molar-refractivity contribution in [1.82, 2.24) is 24.3 Å². The Morgan fingerprint density at radius 3 is 2.68 bits per heavy atom. The fraction of sp³-hybridized carbons (Fsp3) is 0.455. The molecule has 0 saturated carbocycles. The van der Waals surface area contributed by atoms with Crippen LogP contribution in [0.1, 0.15) is 18.3 Å². The van der Waals surface area contributed by atoms with E-state index in [9.17, 15) is 8.42 Å². The maximum Gasteiger partial charge on any atom is 0.244 e. The second kappa shape index (κ2) is 5.14. The molecule has 2 aromatic rings. The number of aryl methyl sites for hydroxylation is 3. The zero-order valence-corrected chi connectivity index (χ0v) is 12.0. The molecule has 0 aliphatic carbocycles. The predicted octanol–water partition coefficient (Wildman–Crippen LogP) is 0.423. The molecule has 1 N–H and O–H groups in total. The van der Waals surface area contributed by atoms with E-state index in [1.54, 1.807) is 9.36 Å². The number of hydrogen-bond donors (Lipinski definition) is 1. The Morgan fingerprint density at radius 2 is 2.16 bits per heavy atom. The molecule has 0 bridgehead atoms. The van der Waals surface area contributed by atoms with Gasteiger partial charge in [0.05, 0.1) is 18.4 Å². The van der Waals surface area contributed by atoms with Crippen LogP contribution in [0.3, 0.4) is 0 Å². The van der Waals surface area contributed by atoms with Crippen molar-refractivity contribution in [2.45, 2.75) is 31.8 Å². The standard InChI is InChI=1S/C11H17N5O2S/c1-4-16-8-11(7-12-16)19(17,18)13-6-10-5-9(2)15(3)14-10/h5,7-8,13H,4,6H2,1-3H3. The molecule has 0 saturated heterocycles. The Morgan fingerprint density at radius 1 is 1.42 bits per heavy atom. The molecular weight excluding hydrogens is 266 g/mol. The lowest BCUT2D eigenvalue weighted by atomic mass is 10.4. The van der Waals surface area contributed by atoms with Crippen LogP contribution in [-0.2, 0) is 30.2 Å². The van der Waals surface area contributed by atoms with Crippen LogP contribution in [0.4, 0.5) is 0 Å². The van der Waals surface area contributed by atoms with Crippen molar-refractivity contribution in [2.24, 2.45) is 7.05 Å². The van der Waals surface area contributed by atoms with E-state index in [4.69, 9.17) is 0 Å². The summed E-state index contributed by atoms with van der Waals surface area (Å²) in [4.78, 5) is 0.169. The molecule has 0 fully saturated rings. The van der Waals surface area contributed by atoms with E-state index in [0.29, 0.717) is 12.2 Å². The summed E-state index contributed by atoms with van der Waals surface area (Å²) in [5.41, 5.74) is 1.67. The number of nitrogens with zero attached hydrogens (tertiary/aromatic N) is 4. The van der Waals surface area contributed by atoms with Gasteiger partial charge in [0, 0.05) is 25.5 Å². The molecule has 19 heavy (non-hydrogen) atoms. The molecule has 104 valence electrons. The first kappa shape index (κ1) is 13.8. The van der Waals surface area contributed by atoms with Gasteiger partial charge in [-0.05, 0) is 19.9 Å². The SMILES string of the molecule is CCn1cc(S(=O)(=O)NCc2cc(C)n(C)n2)cn1. The highest BCUT2D eigenvalue weighted by molar-refractivity contribution is 7.89. The third-order valence-electron chi connectivity index (χ3n) is 2.85. The number of rotatable bonds is 5. The first-order chi connectivity index (χ1) is 8.92. The maximum absolute atomic E-state index is 12.0. The quantitative estimate of drug-likeness (QED) is 0.862. The summed E-state index contributed by atoms with van der Waals surface area (Å²) >= 11 is 0. The maximum atomic E-state index is 12.0. The summed E-state index contributed by atoms with van der Waals surface area (Å²) in [7, 11) is -1.72. The van der Waals surface area contributed by atoms with Gasteiger partial charge < -0.3 is 0 Å². The third-order valence-corrected chi connectivity index (χ3v) is 4.21. The summed E-state index contributed by atoms with van der Waals surface area (Å²) < 4.78 is 29.8. The van der Waals surface area contributed by atoms with Gasteiger partial charge in [-0.2, -0.15) is 10.2 Å². The number of nitrogens with one attached hydrogen (secondary N) is 1. The molecule has 0 amide bonds. The van der Waals surface area contributed by atoms with Crippen molar-refractivity contribution in [3.05, 3.63) is 29.8 Å². The second-order valence-electron chi connectivity index (χ2n) is 4.26. The molecule has 8 heteroatoms. The van der Waals surface area contributed by atoms with Crippen molar-refractivity contribution in [3.8, 4) is 0 Å². The zero-order chi connectivity index (χ0) is 14.0. The highest BCUT2D eigenvalue weighted by Crippen LogP contribution is 2.08. The van der Waals surface area contributed by atoms with Crippen LogP contribution >= 0.6 is 0 Å². The van der Waals surface area contributed by atoms with Gasteiger partial charge in [-0.15, -0.1) is 0 Å². The normalized spacial score (nSPS) is 11.9. The monoisotopic (exact) mass is 283 g/mol. The number of hydrogen-bond acceptors (Lipinski definition) is 4. The van der Waals surface area contributed by atoms with E-state index in [0.717, 1.165) is 5.69 Å². The summed E-state index contributed by atoms with van der Waals surface area (Å²) in [5.74, 6) is 0. The van der Waals surface area contributed by atoms with E-state index < -0.39 is 10.0 Å². The lowest BCUT2D eigenvalue weighted by molar-refractivity contribution is 0.579. The number of sulfonamides is 1. The third kappa shape index (κ3) is 3.02. The van der Waals surface area contributed by atoms with Gasteiger partial charge in [-0.1, -0.05) is 0 Å². The van der Waals surface area contributed by atoms with Gasteiger partial charge >= 0.3 is 0 Å². The van der Waals surface area contributed by atoms with E-state index in [1.165, 1.54) is 12.4 Å². The van der Waals surface area contributed by atoms with Crippen molar-refractivity contribution in [1.29, 1.82) is 0 Å². The van der Waals surface area contributed by atoms with Gasteiger partial charge in [0.2, 0.25) is 10.0 Å². The van der Waals surface area contributed by atoms with Gasteiger partial charge in [-0.3, -0.25) is 9.36 Å². The van der Waals surface area contributed by atoms with Crippen LogP contribution in [0.25, 0.3) is 0 Å². The molecule has 2 rings (SSSR count). The molecule has 0 aromatic carbocycles. The summed E-state index contributed by atoms with van der Waals surface area (Å²) in [6.45, 7) is 4.61. The van der Waals surface area contributed by atoms with Crippen LogP contribution < -0.4 is 4.72 Å². The number of aromatic nitrogens is 4. The van der Waals surface area contributed by atoms with Gasteiger partial charge in [0.25, 0.3) is 0 Å². The average Bonchev–Trinajstić information content (AvgIpc) is 2.95. The van der Waals surface area contributed by atoms with Crippen LogP contribution in [0.15, 0.2) is 23.4 Å². The summed E-state index contributed by atoms with van der Waals surface area (Å²) in [6.07, 6.45) is 2.85. The van der Waals surface area contributed by atoms with Crippen LogP contribution in [0, 0.1) is 6.92 Å². The van der Waals surface area contributed by atoms with Crippen molar-refractivity contribution in [3.63, 3.8) is 0 Å². The lowest BCUT2D eigenvalue weighted by Gasteiger charge is -2.02. The van der Waals surface area contributed by atoms with Crippen molar-refractivity contribution >= 4 is 10.0 Å². The molecule has 0 atom stereocenters. The molecule has 0 radical (unpaired) electrons. The molecule has 0 aliphatic rings. The van der Waals surface area contributed by atoms with Crippen LogP contribution in [0.2, 0.25) is 0 Å². The molecule has 0 spiro atoms. The van der Waals surface area contributed by atoms with Gasteiger partial charge in [-0.25, -0.2) is 13.1 Å².